The largest absolute Gasteiger partial charge is 0.404 e. The van der Waals surface area contributed by atoms with Crippen molar-refractivity contribution in [2.45, 2.75) is 32.9 Å². The van der Waals surface area contributed by atoms with Crippen molar-refractivity contribution >= 4 is 28.2 Å². The molecule has 0 amide bonds. The van der Waals surface area contributed by atoms with Crippen LogP contribution in [0.25, 0.3) is 16.7 Å². The van der Waals surface area contributed by atoms with Gasteiger partial charge in [0.2, 0.25) is 0 Å². The van der Waals surface area contributed by atoms with Gasteiger partial charge in [-0.3, -0.25) is 9.38 Å². The predicted octanol–water partition coefficient (Wildman–Crippen LogP) is 4.84. The fraction of sp³-hybridized carbons (Fsp3) is 0.304. The maximum atomic E-state index is 14.2. The third-order valence-electron chi connectivity index (χ3n) is 5.80. The summed E-state index contributed by atoms with van der Waals surface area (Å²) in [6.45, 7) is 2.67. The Balaban J connectivity index is 1.67. The summed E-state index contributed by atoms with van der Waals surface area (Å²) in [7, 11) is 0. The molecule has 33 heavy (non-hydrogen) atoms. The van der Waals surface area contributed by atoms with Crippen molar-refractivity contribution in [1.82, 2.24) is 24.6 Å². The number of nitrogens with zero attached hydrogens (tertiary/aromatic N) is 6. The lowest BCUT2D eigenvalue weighted by molar-refractivity contribution is -0.190. The first-order chi connectivity index (χ1) is 15.7. The van der Waals surface area contributed by atoms with Gasteiger partial charge in [0.25, 0.3) is 5.78 Å². The van der Waals surface area contributed by atoms with Crippen LogP contribution in [-0.4, -0.2) is 37.3 Å². The van der Waals surface area contributed by atoms with Crippen LogP contribution in [0.5, 0.6) is 0 Å². The average Bonchev–Trinajstić information content (AvgIpc) is 3.24. The zero-order chi connectivity index (χ0) is 23.4. The first kappa shape index (κ1) is 21.1. The lowest BCUT2D eigenvalue weighted by Crippen LogP contribution is -2.30. The first-order valence-corrected chi connectivity index (χ1v) is 10.3. The molecular weight excluding hydrogens is 436 g/mol. The van der Waals surface area contributed by atoms with Gasteiger partial charge >= 0.3 is 6.18 Å². The molecule has 0 aliphatic carbocycles. The molecule has 0 bridgehead atoms. The van der Waals surface area contributed by atoms with E-state index < -0.39 is 17.4 Å². The molecule has 3 aromatic heterocycles. The Morgan fingerprint density at radius 1 is 1.12 bits per heavy atom. The smallest absolute Gasteiger partial charge is 0.324 e. The van der Waals surface area contributed by atoms with Gasteiger partial charge < -0.3 is 4.90 Å². The van der Waals surface area contributed by atoms with E-state index in [-0.39, 0.29) is 0 Å². The molecule has 1 aromatic carbocycles. The maximum absolute atomic E-state index is 14.2. The van der Waals surface area contributed by atoms with Crippen molar-refractivity contribution in [3.05, 3.63) is 53.9 Å². The number of benzene rings is 1. The summed E-state index contributed by atoms with van der Waals surface area (Å²) in [5, 5.41) is 8.50. The zero-order valence-electron chi connectivity index (χ0n) is 17.8. The number of pyridine rings is 1. The average molecular weight is 454 g/mol. The Kier molecular flexibility index (Phi) is 4.74. The molecule has 10 heteroatoms. The lowest BCUT2D eigenvalue weighted by atomic mass is 9.92. The summed E-state index contributed by atoms with van der Waals surface area (Å²) >= 11 is 0. The molecule has 0 fully saturated rings. The highest BCUT2D eigenvalue weighted by molar-refractivity contribution is 5.94. The Labute approximate surface area is 186 Å². The van der Waals surface area contributed by atoms with Crippen molar-refractivity contribution in [1.29, 1.82) is 0 Å². The van der Waals surface area contributed by atoms with E-state index >= 15 is 0 Å². The van der Waals surface area contributed by atoms with Crippen LogP contribution < -0.4 is 4.90 Å². The van der Waals surface area contributed by atoms with Gasteiger partial charge in [-0.1, -0.05) is 11.8 Å². The third kappa shape index (κ3) is 3.53. The van der Waals surface area contributed by atoms with Crippen molar-refractivity contribution < 1.29 is 17.6 Å². The highest BCUT2D eigenvalue weighted by Crippen LogP contribution is 2.39. The van der Waals surface area contributed by atoms with Crippen LogP contribution in [0.3, 0.4) is 0 Å². The van der Waals surface area contributed by atoms with Crippen LogP contribution in [0.1, 0.15) is 31.4 Å². The first-order valence-electron chi connectivity index (χ1n) is 10.3. The summed E-state index contributed by atoms with van der Waals surface area (Å²) in [5.41, 5.74) is 0.435. The van der Waals surface area contributed by atoms with E-state index in [1.165, 1.54) is 24.7 Å². The van der Waals surface area contributed by atoms with E-state index in [0.29, 0.717) is 53.1 Å². The molecule has 1 aliphatic heterocycles. The molecule has 0 N–H and O–H groups in total. The van der Waals surface area contributed by atoms with Crippen LogP contribution in [0.2, 0.25) is 0 Å². The molecule has 0 radical (unpaired) electrons. The molecule has 0 unspecified atom stereocenters. The Morgan fingerprint density at radius 2 is 1.94 bits per heavy atom. The molecule has 0 saturated heterocycles. The standard InChI is InChI=1S/C23H18F4N6/c1-22(2,23(25,26)27)8-7-14-11-28-12-19-16(14)4-3-9-32(19)20-17-10-15(24)5-6-18(17)33-13-29-31-21(33)30-20/h5-6,10-13H,3-4,9H2,1-2H3. The monoisotopic (exact) mass is 454 g/mol. The SMILES string of the molecule is CC(C)(C#Cc1cncc2c1CCCN2c1nc2nncn2c2ccc(F)cc12)C(F)(F)F. The molecule has 5 rings (SSSR count). The maximum Gasteiger partial charge on any atom is 0.404 e. The summed E-state index contributed by atoms with van der Waals surface area (Å²) in [6.07, 6.45) is 1.52. The Morgan fingerprint density at radius 3 is 2.73 bits per heavy atom. The number of hydrogen-bond acceptors (Lipinski definition) is 5. The number of hydrogen-bond donors (Lipinski definition) is 0. The van der Waals surface area contributed by atoms with E-state index in [2.05, 4.69) is 32.0 Å². The number of rotatable bonds is 1. The van der Waals surface area contributed by atoms with Crippen molar-refractivity contribution in [2.75, 3.05) is 11.4 Å². The highest BCUT2D eigenvalue weighted by Gasteiger charge is 2.46. The Hall–Kier alpha value is -3.74. The van der Waals surface area contributed by atoms with Crippen LogP contribution in [0.4, 0.5) is 29.1 Å². The second-order valence-corrected chi connectivity index (χ2v) is 8.41. The van der Waals surface area contributed by atoms with Crippen molar-refractivity contribution in [3.63, 3.8) is 0 Å². The van der Waals surface area contributed by atoms with Crippen molar-refractivity contribution in [3.8, 4) is 11.8 Å². The van der Waals surface area contributed by atoms with E-state index in [1.807, 2.05) is 4.90 Å². The number of anilines is 2. The molecular formula is C23H18F4N6. The van der Waals surface area contributed by atoms with Crippen LogP contribution in [0, 0.1) is 23.1 Å². The van der Waals surface area contributed by atoms with Gasteiger partial charge in [-0.2, -0.15) is 18.2 Å². The van der Waals surface area contributed by atoms with Gasteiger partial charge in [0, 0.05) is 23.7 Å². The molecule has 4 aromatic rings. The van der Waals surface area contributed by atoms with Crippen LogP contribution in [0.15, 0.2) is 36.9 Å². The van der Waals surface area contributed by atoms with E-state index in [0.717, 1.165) is 19.4 Å². The topological polar surface area (TPSA) is 59.2 Å². The minimum absolute atomic E-state index is 0.354. The number of halogens is 4. The quantitative estimate of drug-likeness (QED) is 0.304. The van der Waals surface area contributed by atoms with E-state index in [4.69, 9.17) is 0 Å². The molecule has 0 spiro atoms. The second-order valence-electron chi connectivity index (χ2n) is 8.41. The summed E-state index contributed by atoms with van der Waals surface area (Å²) < 4.78 is 55.6. The fourth-order valence-corrected chi connectivity index (χ4v) is 3.86. The van der Waals surface area contributed by atoms with Gasteiger partial charge in [0.1, 0.15) is 23.4 Å². The van der Waals surface area contributed by atoms with E-state index in [9.17, 15) is 17.6 Å². The number of aromatic nitrogens is 5. The fourth-order valence-electron chi connectivity index (χ4n) is 3.86. The second kappa shape index (κ2) is 7.40. The molecule has 4 heterocycles. The van der Waals surface area contributed by atoms with Gasteiger partial charge in [0.05, 0.1) is 17.4 Å². The van der Waals surface area contributed by atoms with Gasteiger partial charge in [-0.05, 0) is 50.5 Å². The number of fused-ring (bicyclic) bond motifs is 4. The molecule has 0 saturated carbocycles. The third-order valence-corrected chi connectivity index (χ3v) is 5.80. The summed E-state index contributed by atoms with van der Waals surface area (Å²) in [4.78, 5) is 10.7. The zero-order valence-corrected chi connectivity index (χ0v) is 17.8. The molecule has 1 aliphatic rings. The minimum atomic E-state index is -4.45. The van der Waals surface area contributed by atoms with Crippen molar-refractivity contribution in [2.24, 2.45) is 5.41 Å². The predicted molar refractivity (Wildman–Crippen MR) is 115 cm³/mol. The van der Waals surface area contributed by atoms with Gasteiger partial charge in [0.15, 0.2) is 0 Å². The van der Waals surface area contributed by atoms with Gasteiger partial charge in [-0.15, -0.1) is 10.2 Å². The molecule has 168 valence electrons. The van der Waals surface area contributed by atoms with Gasteiger partial charge in [-0.25, -0.2) is 4.39 Å². The summed E-state index contributed by atoms with van der Waals surface area (Å²) in [6, 6.07) is 4.39. The summed E-state index contributed by atoms with van der Waals surface area (Å²) in [5.74, 6) is 5.47. The number of alkyl halides is 3. The normalized spacial score (nSPS) is 14.3. The molecule has 0 atom stereocenters. The highest BCUT2D eigenvalue weighted by atomic mass is 19.4. The Bertz CT molecular complexity index is 1440. The van der Waals surface area contributed by atoms with Crippen LogP contribution in [-0.2, 0) is 6.42 Å². The lowest BCUT2D eigenvalue weighted by Gasteiger charge is -2.31. The molecule has 6 nitrogen and oxygen atoms in total. The minimum Gasteiger partial charge on any atom is -0.324 e. The van der Waals surface area contributed by atoms with Crippen LogP contribution >= 0.6 is 0 Å². The van der Waals surface area contributed by atoms with E-state index in [1.54, 1.807) is 16.7 Å².